The summed E-state index contributed by atoms with van der Waals surface area (Å²) in [6, 6.07) is 24.3. The molecule has 0 saturated heterocycles. The predicted octanol–water partition coefficient (Wildman–Crippen LogP) is 5.33. The highest BCUT2D eigenvalue weighted by Gasteiger charge is 2.08. The summed E-state index contributed by atoms with van der Waals surface area (Å²) in [6.07, 6.45) is 7.17. The van der Waals surface area contributed by atoms with Crippen molar-refractivity contribution in [3.05, 3.63) is 114 Å². The summed E-state index contributed by atoms with van der Waals surface area (Å²) in [5, 5.41) is 3.02. The molecule has 3 aromatic carbocycles. The fourth-order valence-electron chi connectivity index (χ4n) is 3.82. The lowest BCUT2D eigenvalue weighted by atomic mass is 9.98. The molecule has 0 radical (unpaired) electrons. The number of nitrogens with zero attached hydrogens (tertiary/aromatic N) is 2. The lowest BCUT2D eigenvalue weighted by molar-refractivity contribution is -0.116. The first-order valence-electron chi connectivity index (χ1n) is 10.9. The molecule has 0 aliphatic rings. The van der Waals surface area contributed by atoms with E-state index in [1.54, 1.807) is 19.4 Å². The molecule has 0 saturated carbocycles. The van der Waals surface area contributed by atoms with Crippen LogP contribution in [-0.2, 0) is 17.9 Å². The van der Waals surface area contributed by atoms with E-state index in [9.17, 15) is 4.79 Å². The van der Waals surface area contributed by atoms with Gasteiger partial charge in [-0.15, -0.1) is 0 Å². The SMILES string of the molecule is COc1ccccc1C(C)=CC(=O)NCc1ccccc1-c1ccc(Cn2ccnc2)cc1. The zero-order chi connectivity index (χ0) is 23.0. The van der Waals surface area contributed by atoms with Crippen molar-refractivity contribution in [1.29, 1.82) is 0 Å². The van der Waals surface area contributed by atoms with E-state index < -0.39 is 0 Å². The van der Waals surface area contributed by atoms with E-state index >= 15 is 0 Å². The zero-order valence-corrected chi connectivity index (χ0v) is 18.9. The number of ether oxygens (including phenoxy) is 1. The molecule has 1 aromatic heterocycles. The first kappa shape index (κ1) is 22.1. The Kier molecular flexibility index (Phi) is 7.00. The van der Waals surface area contributed by atoms with Gasteiger partial charge in [0.15, 0.2) is 0 Å². The van der Waals surface area contributed by atoms with Crippen molar-refractivity contribution >= 4 is 11.5 Å². The Morgan fingerprint density at radius 1 is 1.03 bits per heavy atom. The van der Waals surface area contributed by atoms with Crippen LogP contribution in [0.1, 0.15) is 23.6 Å². The first-order chi connectivity index (χ1) is 16.1. The normalized spacial score (nSPS) is 11.3. The third-order valence-corrected chi connectivity index (χ3v) is 5.54. The van der Waals surface area contributed by atoms with Crippen LogP contribution < -0.4 is 10.1 Å². The van der Waals surface area contributed by atoms with Crippen molar-refractivity contribution in [1.82, 2.24) is 14.9 Å². The monoisotopic (exact) mass is 437 g/mol. The van der Waals surface area contributed by atoms with Gasteiger partial charge in [-0.2, -0.15) is 0 Å². The van der Waals surface area contributed by atoms with Crippen LogP contribution in [0.3, 0.4) is 0 Å². The highest BCUT2D eigenvalue weighted by atomic mass is 16.5. The standard InChI is InChI=1S/C28H27N3O2/c1-21(25-8-5-6-10-27(25)33-2)17-28(32)30-18-24-7-3-4-9-26(24)23-13-11-22(12-14-23)19-31-16-15-29-20-31/h3-17,20H,18-19H2,1-2H3,(H,30,32). The van der Waals surface area contributed by atoms with E-state index in [0.717, 1.165) is 40.1 Å². The van der Waals surface area contributed by atoms with E-state index in [1.807, 2.05) is 66.5 Å². The number of imidazole rings is 1. The summed E-state index contributed by atoms with van der Waals surface area (Å²) in [6.45, 7) is 3.15. The van der Waals surface area contributed by atoms with Crippen LogP contribution in [0.15, 0.2) is 97.6 Å². The second kappa shape index (κ2) is 10.5. The van der Waals surface area contributed by atoms with Crippen LogP contribution in [0.2, 0.25) is 0 Å². The number of rotatable bonds is 8. The van der Waals surface area contributed by atoms with Gasteiger partial charge >= 0.3 is 0 Å². The molecular formula is C28H27N3O2. The summed E-state index contributed by atoms with van der Waals surface area (Å²) in [4.78, 5) is 16.7. The number of hydrogen-bond acceptors (Lipinski definition) is 3. The van der Waals surface area contributed by atoms with Crippen LogP contribution in [0.5, 0.6) is 5.75 Å². The van der Waals surface area contributed by atoms with Gasteiger partial charge in [0.25, 0.3) is 0 Å². The van der Waals surface area contributed by atoms with Crippen molar-refractivity contribution in [2.45, 2.75) is 20.0 Å². The molecule has 0 bridgehead atoms. The van der Waals surface area contributed by atoms with Crippen molar-refractivity contribution in [3.8, 4) is 16.9 Å². The topological polar surface area (TPSA) is 56.1 Å². The van der Waals surface area contributed by atoms with Crippen molar-refractivity contribution < 1.29 is 9.53 Å². The molecule has 0 fully saturated rings. The molecule has 5 nitrogen and oxygen atoms in total. The highest BCUT2D eigenvalue weighted by Crippen LogP contribution is 2.26. The number of carbonyl (C=O) groups is 1. The minimum Gasteiger partial charge on any atom is -0.496 e. The van der Waals surface area contributed by atoms with Crippen molar-refractivity contribution in [3.63, 3.8) is 0 Å². The summed E-state index contributed by atoms with van der Waals surface area (Å²) in [5.41, 5.74) is 6.27. The molecule has 0 unspecified atom stereocenters. The van der Waals surface area contributed by atoms with E-state index in [4.69, 9.17) is 4.74 Å². The minimum atomic E-state index is -0.135. The Hall–Kier alpha value is -4.12. The Balaban J connectivity index is 1.45. The number of benzene rings is 3. The highest BCUT2D eigenvalue weighted by molar-refractivity contribution is 5.95. The number of allylic oxidation sites excluding steroid dienone is 1. The van der Waals surface area contributed by atoms with Gasteiger partial charge in [0.1, 0.15) is 5.75 Å². The zero-order valence-electron chi connectivity index (χ0n) is 18.9. The van der Waals surface area contributed by atoms with Crippen LogP contribution in [-0.4, -0.2) is 22.6 Å². The number of carbonyl (C=O) groups excluding carboxylic acids is 1. The second-order valence-electron chi connectivity index (χ2n) is 7.83. The van der Waals surface area contributed by atoms with E-state index in [-0.39, 0.29) is 5.91 Å². The van der Waals surface area contributed by atoms with Gasteiger partial charge in [-0.1, -0.05) is 66.7 Å². The van der Waals surface area contributed by atoms with Gasteiger partial charge in [0.05, 0.1) is 13.4 Å². The molecular weight excluding hydrogens is 410 g/mol. The molecule has 0 aliphatic heterocycles. The largest absolute Gasteiger partial charge is 0.496 e. The van der Waals surface area contributed by atoms with Crippen LogP contribution in [0.4, 0.5) is 0 Å². The Morgan fingerprint density at radius 2 is 1.79 bits per heavy atom. The smallest absolute Gasteiger partial charge is 0.244 e. The van der Waals surface area contributed by atoms with Gasteiger partial charge in [0, 0.05) is 37.1 Å². The molecule has 0 aliphatic carbocycles. The van der Waals surface area contributed by atoms with Crippen LogP contribution in [0, 0.1) is 0 Å². The fraction of sp³-hybridized carbons (Fsp3) is 0.143. The lowest BCUT2D eigenvalue weighted by Crippen LogP contribution is -2.21. The quantitative estimate of drug-likeness (QED) is 0.379. The van der Waals surface area contributed by atoms with Crippen molar-refractivity contribution in [2.24, 2.45) is 0 Å². The summed E-state index contributed by atoms with van der Waals surface area (Å²) in [5.74, 6) is 0.616. The second-order valence-corrected chi connectivity index (χ2v) is 7.83. The van der Waals surface area contributed by atoms with Gasteiger partial charge in [-0.25, -0.2) is 4.98 Å². The lowest BCUT2D eigenvalue weighted by Gasteiger charge is -2.12. The summed E-state index contributed by atoms with van der Waals surface area (Å²) in [7, 11) is 1.63. The molecule has 1 N–H and O–H groups in total. The Bertz CT molecular complexity index is 1240. The summed E-state index contributed by atoms with van der Waals surface area (Å²) < 4.78 is 7.44. The molecule has 0 spiro atoms. The average Bonchev–Trinajstić information content (AvgIpc) is 3.36. The summed E-state index contributed by atoms with van der Waals surface area (Å²) >= 11 is 0. The number of amides is 1. The maximum atomic E-state index is 12.6. The molecule has 166 valence electrons. The number of aromatic nitrogens is 2. The first-order valence-corrected chi connectivity index (χ1v) is 10.9. The number of hydrogen-bond donors (Lipinski definition) is 1. The van der Waals surface area contributed by atoms with Gasteiger partial charge in [0.2, 0.25) is 5.91 Å². The molecule has 1 heterocycles. The molecule has 4 rings (SSSR count). The number of para-hydroxylation sites is 1. The molecule has 1 amide bonds. The third kappa shape index (κ3) is 5.57. The molecule has 0 atom stereocenters. The Morgan fingerprint density at radius 3 is 2.55 bits per heavy atom. The molecule has 33 heavy (non-hydrogen) atoms. The van der Waals surface area contributed by atoms with Crippen LogP contribution >= 0.6 is 0 Å². The van der Waals surface area contributed by atoms with Crippen LogP contribution in [0.25, 0.3) is 16.7 Å². The molecule has 5 heteroatoms. The predicted molar refractivity (Wildman–Crippen MR) is 132 cm³/mol. The van der Waals surface area contributed by atoms with Crippen molar-refractivity contribution in [2.75, 3.05) is 7.11 Å². The van der Waals surface area contributed by atoms with Gasteiger partial charge in [-0.05, 0) is 40.8 Å². The molecule has 4 aromatic rings. The number of methoxy groups -OCH3 is 1. The average molecular weight is 438 g/mol. The van der Waals surface area contributed by atoms with E-state index in [2.05, 4.69) is 40.6 Å². The Labute approximate surface area is 194 Å². The fourth-order valence-corrected chi connectivity index (χ4v) is 3.82. The van der Waals surface area contributed by atoms with E-state index in [1.165, 1.54) is 5.56 Å². The maximum absolute atomic E-state index is 12.6. The third-order valence-electron chi connectivity index (χ3n) is 5.54. The van der Waals surface area contributed by atoms with Gasteiger partial charge in [-0.3, -0.25) is 4.79 Å². The number of nitrogens with one attached hydrogen (secondary N) is 1. The minimum absolute atomic E-state index is 0.135. The maximum Gasteiger partial charge on any atom is 0.244 e. The van der Waals surface area contributed by atoms with Gasteiger partial charge < -0.3 is 14.6 Å². The van der Waals surface area contributed by atoms with E-state index in [0.29, 0.717) is 6.54 Å².